The summed E-state index contributed by atoms with van der Waals surface area (Å²) in [6.45, 7) is 0. The minimum absolute atomic E-state index is 0.173. The van der Waals surface area contributed by atoms with Crippen molar-refractivity contribution in [3.8, 4) is 11.6 Å². The van der Waals surface area contributed by atoms with Crippen LogP contribution < -0.4 is 0 Å². The van der Waals surface area contributed by atoms with Crippen LogP contribution >= 0.6 is 23.2 Å². The lowest BCUT2D eigenvalue weighted by molar-refractivity contribution is -0.140. The van der Waals surface area contributed by atoms with Crippen LogP contribution in [-0.2, 0) is 19.0 Å². The predicted molar refractivity (Wildman–Crippen MR) is 98.2 cm³/mol. The van der Waals surface area contributed by atoms with Crippen molar-refractivity contribution in [2.75, 3.05) is 0 Å². The summed E-state index contributed by atoms with van der Waals surface area (Å²) in [6.07, 6.45) is -4.36. The molecule has 5 nitrogen and oxygen atoms in total. The summed E-state index contributed by atoms with van der Waals surface area (Å²) >= 11 is 11.9. The first-order valence-corrected chi connectivity index (χ1v) is 8.99. The molecule has 0 unspecified atom stereocenters. The van der Waals surface area contributed by atoms with Gasteiger partial charge in [-0.05, 0) is 59.5 Å². The third kappa shape index (κ3) is 3.92. The van der Waals surface area contributed by atoms with Crippen LogP contribution in [0.2, 0.25) is 10.0 Å². The number of aromatic amines is 1. The average molecular weight is 445 g/mol. The molecule has 150 valence electrons. The molecule has 0 saturated carbocycles. The maximum atomic E-state index is 13.7. The van der Waals surface area contributed by atoms with Crippen molar-refractivity contribution in [3.05, 3.63) is 62.9 Å². The first-order chi connectivity index (χ1) is 13.7. The number of aryl methyl sites for hydroxylation is 2. The van der Waals surface area contributed by atoms with Gasteiger partial charge >= 0.3 is 6.18 Å². The summed E-state index contributed by atoms with van der Waals surface area (Å²) in [5.74, 6) is -0.812. The molecule has 0 atom stereocenters. The van der Waals surface area contributed by atoms with Crippen molar-refractivity contribution in [1.29, 1.82) is 0 Å². The third-order valence-electron chi connectivity index (χ3n) is 4.33. The zero-order valence-corrected chi connectivity index (χ0v) is 15.8. The Morgan fingerprint density at radius 2 is 1.79 bits per heavy atom. The molecule has 4 rings (SSSR count). The van der Waals surface area contributed by atoms with Gasteiger partial charge in [0.25, 0.3) is 0 Å². The lowest BCUT2D eigenvalue weighted by Gasteiger charge is -2.12. The maximum absolute atomic E-state index is 13.7. The molecule has 0 spiro atoms. The van der Waals surface area contributed by atoms with E-state index in [1.807, 2.05) is 0 Å². The van der Waals surface area contributed by atoms with Crippen LogP contribution in [0.15, 0.2) is 34.7 Å². The summed E-state index contributed by atoms with van der Waals surface area (Å²) in [4.78, 5) is 0. The number of hydrogen-bond acceptors (Lipinski definition) is 4. The summed E-state index contributed by atoms with van der Waals surface area (Å²) in [5.41, 5.74) is 0.0173. The number of nitrogens with one attached hydrogen (secondary N) is 1. The second-order valence-corrected chi connectivity index (χ2v) is 7.08. The molecule has 1 N–H and O–H groups in total. The largest absolute Gasteiger partial charge is 0.453 e. The molecule has 11 heteroatoms. The Morgan fingerprint density at radius 3 is 2.48 bits per heavy atom. The lowest BCUT2D eigenvalue weighted by Crippen LogP contribution is -2.09. The number of halogens is 6. The Labute approximate surface area is 170 Å². The number of rotatable bonds is 4. The van der Waals surface area contributed by atoms with E-state index in [0.717, 1.165) is 6.07 Å². The number of furan rings is 1. The molecule has 0 fully saturated rings. The molecular formula is C18H10Cl2F4N4O. The van der Waals surface area contributed by atoms with Crippen molar-refractivity contribution in [1.82, 2.24) is 20.6 Å². The Balaban J connectivity index is 1.62. The molecule has 0 bridgehead atoms. The molecule has 0 aliphatic heterocycles. The summed E-state index contributed by atoms with van der Waals surface area (Å²) < 4.78 is 58.3. The van der Waals surface area contributed by atoms with E-state index in [0.29, 0.717) is 33.7 Å². The van der Waals surface area contributed by atoms with Crippen LogP contribution in [-0.4, -0.2) is 20.6 Å². The smallest absolute Gasteiger partial charge is 0.419 e. The third-order valence-corrected chi connectivity index (χ3v) is 4.95. The quantitative estimate of drug-likeness (QED) is 0.400. The van der Waals surface area contributed by atoms with Crippen LogP contribution in [0.5, 0.6) is 0 Å². The minimum atomic E-state index is -4.83. The normalized spacial score (nSPS) is 12.1. The minimum Gasteiger partial charge on any atom is -0.453 e. The van der Waals surface area contributed by atoms with E-state index >= 15 is 0 Å². The highest BCUT2D eigenvalue weighted by Gasteiger charge is 2.35. The number of nitrogens with zero attached hydrogens (tertiary/aromatic N) is 3. The SMILES string of the molecule is Fc1c(Cl)cc(CCc2cc3oc(-c4nn[nH]n4)cc3cc2Cl)cc1C(F)(F)F. The fraction of sp³-hybridized carbons (Fsp3) is 0.167. The average Bonchev–Trinajstić information content (AvgIpc) is 3.30. The van der Waals surface area contributed by atoms with Gasteiger partial charge in [-0.3, -0.25) is 0 Å². The molecule has 2 aromatic carbocycles. The molecule has 0 radical (unpaired) electrons. The Kier molecular flexibility index (Phi) is 4.95. The first kappa shape index (κ1) is 19.7. The van der Waals surface area contributed by atoms with E-state index in [4.69, 9.17) is 27.6 Å². The van der Waals surface area contributed by atoms with Gasteiger partial charge in [0, 0.05) is 10.4 Å². The van der Waals surface area contributed by atoms with Crippen molar-refractivity contribution in [2.45, 2.75) is 19.0 Å². The summed E-state index contributed by atoms with van der Waals surface area (Å²) in [5, 5.41) is 14.0. The molecule has 29 heavy (non-hydrogen) atoms. The molecule has 0 aliphatic rings. The fourth-order valence-electron chi connectivity index (χ4n) is 2.94. The number of hydrogen-bond donors (Lipinski definition) is 1. The number of fused-ring (bicyclic) bond motifs is 1. The van der Waals surface area contributed by atoms with E-state index in [-0.39, 0.29) is 17.8 Å². The second-order valence-electron chi connectivity index (χ2n) is 6.26. The monoisotopic (exact) mass is 444 g/mol. The maximum Gasteiger partial charge on any atom is 0.419 e. The van der Waals surface area contributed by atoms with E-state index in [1.165, 1.54) is 6.07 Å². The van der Waals surface area contributed by atoms with E-state index in [9.17, 15) is 17.6 Å². The number of alkyl halides is 3. The van der Waals surface area contributed by atoms with Crippen molar-refractivity contribution < 1.29 is 22.0 Å². The van der Waals surface area contributed by atoms with Gasteiger partial charge in [0.1, 0.15) is 5.58 Å². The van der Waals surface area contributed by atoms with E-state index < -0.39 is 22.6 Å². The van der Waals surface area contributed by atoms with Gasteiger partial charge in [-0.1, -0.05) is 23.2 Å². The molecule has 2 heterocycles. The van der Waals surface area contributed by atoms with Crippen LogP contribution in [0, 0.1) is 5.82 Å². The van der Waals surface area contributed by atoms with Crippen molar-refractivity contribution in [2.24, 2.45) is 0 Å². The summed E-state index contributed by atoms with van der Waals surface area (Å²) in [7, 11) is 0. The first-order valence-electron chi connectivity index (χ1n) is 8.23. The van der Waals surface area contributed by atoms with Gasteiger partial charge in [-0.2, -0.15) is 18.4 Å². The van der Waals surface area contributed by atoms with E-state index in [2.05, 4.69) is 20.6 Å². The fourth-order valence-corrected chi connectivity index (χ4v) is 3.45. The number of H-pyrrole nitrogens is 1. The molecule has 2 aromatic heterocycles. The predicted octanol–water partition coefficient (Wildman–Crippen LogP) is 5.86. The molecule has 4 aromatic rings. The van der Waals surface area contributed by atoms with Crippen LogP contribution in [0.3, 0.4) is 0 Å². The molecule has 0 amide bonds. The second kappa shape index (κ2) is 7.31. The van der Waals surface area contributed by atoms with E-state index in [1.54, 1.807) is 18.2 Å². The zero-order valence-electron chi connectivity index (χ0n) is 14.3. The van der Waals surface area contributed by atoms with Crippen molar-refractivity contribution in [3.63, 3.8) is 0 Å². The topological polar surface area (TPSA) is 67.6 Å². The van der Waals surface area contributed by atoms with Crippen molar-refractivity contribution >= 4 is 34.2 Å². The van der Waals surface area contributed by atoms with Crippen LogP contribution in [0.4, 0.5) is 17.6 Å². The Hall–Kier alpha value is -2.65. The van der Waals surface area contributed by atoms with Gasteiger partial charge in [-0.15, -0.1) is 10.2 Å². The van der Waals surface area contributed by atoms with Gasteiger partial charge < -0.3 is 4.42 Å². The van der Waals surface area contributed by atoms with Gasteiger partial charge in [0.05, 0.1) is 10.6 Å². The highest BCUT2D eigenvalue weighted by Crippen LogP contribution is 2.36. The number of tetrazole rings is 1. The molecule has 0 saturated heterocycles. The van der Waals surface area contributed by atoms with Crippen LogP contribution in [0.25, 0.3) is 22.6 Å². The number of aromatic nitrogens is 4. The Morgan fingerprint density at radius 1 is 1.00 bits per heavy atom. The lowest BCUT2D eigenvalue weighted by atomic mass is 10.0. The molecule has 0 aliphatic carbocycles. The van der Waals surface area contributed by atoms with Gasteiger partial charge in [0.2, 0.25) is 5.82 Å². The standard InChI is InChI=1S/C18H10Cl2F4N4O/c19-12-5-10-7-15(17-25-27-28-26-17)29-14(10)6-9(12)2-1-8-3-11(18(22,23)24)16(21)13(20)4-8/h3-7H,1-2H2,(H,25,26,27,28). The molecular weight excluding hydrogens is 435 g/mol. The number of benzene rings is 2. The highest BCUT2D eigenvalue weighted by atomic mass is 35.5. The Bertz CT molecular complexity index is 1190. The summed E-state index contributed by atoms with van der Waals surface area (Å²) in [6, 6.07) is 7.01. The van der Waals surface area contributed by atoms with Gasteiger partial charge in [0.15, 0.2) is 11.6 Å². The van der Waals surface area contributed by atoms with Crippen LogP contribution in [0.1, 0.15) is 16.7 Å². The zero-order chi connectivity index (χ0) is 20.8. The van der Waals surface area contributed by atoms with Gasteiger partial charge in [-0.25, -0.2) is 4.39 Å². The highest BCUT2D eigenvalue weighted by molar-refractivity contribution is 6.32.